The Morgan fingerprint density at radius 3 is 2.35 bits per heavy atom. The third kappa shape index (κ3) is 13.3. The van der Waals surface area contributed by atoms with Gasteiger partial charge in [-0.1, -0.05) is 73.4 Å². The summed E-state index contributed by atoms with van der Waals surface area (Å²) in [6, 6.07) is 5.26. The molecule has 1 aromatic heterocycles. The highest BCUT2D eigenvalue weighted by atomic mass is 32.1. The predicted molar refractivity (Wildman–Crippen MR) is 213 cm³/mol. The standard InChI is InChI=1S/C41H67N5O7S/c1-9-19-46(40(50)36(27(6)11-3)44-38(49)33-14-12-13-20-45(33)8)34(26(4)5)24-35(53-21-10-2)39-43-32(25-54-39)37(48)42-30(22-28(7)41(51)52)23-29-15-17-31(47)18-16-29/h15-18,25-28,30,33-37,42,47-48H,9-14,19-24H2,1-8H3,(H,44,49)(H,51,52)/t27-,28-,30+,33+,34+,35+,36-,37?/m0/s1. The average Bonchev–Trinajstić information content (AvgIpc) is 3.64. The molecule has 0 saturated carbocycles. The molecule has 2 aromatic rings. The number of ether oxygens (including phenoxy) is 1. The van der Waals surface area contributed by atoms with Gasteiger partial charge in [-0.05, 0) is 81.6 Å². The molecule has 2 amide bonds. The van der Waals surface area contributed by atoms with Crippen molar-refractivity contribution in [3.63, 3.8) is 0 Å². The van der Waals surface area contributed by atoms with Crippen molar-refractivity contribution in [2.75, 3.05) is 26.7 Å². The van der Waals surface area contributed by atoms with Crippen molar-refractivity contribution < 1.29 is 34.4 Å². The molecule has 1 aromatic carbocycles. The number of benzene rings is 1. The van der Waals surface area contributed by atoms with Crippen LogP contribution >= 0.6 is 11.3 Å². The monoisotopic (exact) mass is 773 g/mol. The first kappa shape index (κ1) is 45.3. The Labute approximate surface area is 327 Å². The van der Waals surface area contributed by atoms with Crippen molar-refractivity contribution in [3.05, 3.63) is 45.9 Å². The number of piperidine rings is 1. The average molecular weight is 774 g/mol. The number of carbonyl (C=O) groups excluding carboxylic acids is 2. The van der Waals surface area contributed by atoms with Crippen molar-refractivity contribution in [1.29, 1.82) is 0 Å². The van der Waals surface area contributed by atoms with Gasteiger partial charge in [-0.25, -0.2) is 4.98 Å². The zero-order valence-electron chi connectivity index (χ0n) is 33.8. The lowest BCUT2D eigenvalue weighted by Crippen LogP contribution is -2.58. The van der Waals surface area contributed by atoms with Crippen LogP contribution in [-0.4, -0.2) is 98.8 Å². The van der Waals surface area contributed by atoms with Crippen LogP contribution in [0.4, 0.5) is 0 Å². The van der Waals surface area contributed by atoms with E-state index in [-0.39, 0.29) is 53.9 Å². The van der Waals surface area contributed by atoms with Crippen LogP contribution in [0.25, 0.3) is 0 Å². The number of likely N-dealkylation sites (N-methyl/N-ethyl adjacent to an activating group) is 1. The molecule has 0 radical (unpaired) electrons. The summed E-state index contributed by atoms with van der Waals surface area (Å²) < 4.78 is 6.44. The first-order valence-corrected chi connectivity index (χ1v) is 20.9. The molecular formula is C41H67N5O7S. The summed E-state index contributed by atoms with van der Waals surface area (Å²) in [7, 11) is 1.98. The molecule has 0 spiro atoms. The van der Waals surface area contributed by atoms with Gasteiger partial charge in [0.15, 0.2) is 0 Å². The minimum Gasteiger partial charge on any atom is -0.508 e. The van der Waals surface area contributed by atoms with Gasteiger partial charge in [0, 0.05) is 37.0 Å². The number of aromatic nitrogens is 1. The minimum atomic E-state index is -1.16. The van der Waals surface area contributed by atoms with E-state index in [2.05, 4.69) is 36.3 Å². The molecule has 1 aliphatic heterocycles. The molecule has 54 heavy (non-hydrogen) atoms. The van der Waals surface area contributed by atoms with E-state index in [0.717, 1.165) is 50.6 Å². The van der Waals surface area contributed by atoms with E-state index in [1.807, 2.05) is 32.7 Å². The highest BCUT2D eigenvalue weighted by Crippen LogP contribution is 2.33. The molecule has 1 aliphatic rings. The number of carboxylic acid groups (broad SMARTS) is 1. The number of nitrogens with one attached hydrogen (secondary N) is 2. The Morgan fingerprint density at radius 2 is 1.76 bits per heavy atom. The van der Waals surface area contributed by atoms with Gasteiger partial charge in [0.2, 0.25) is 11.8 Å². The normalized spacial score (nSPS) is 19.0. The number of thiazole rings is 1. The summed E-state index contributed by atoms with van der Waals surface area (Å²) in [5, 5.41) is 39.6. The summed E-state index contributed by atoms with van der Waals surface area (Å²) >= 11 is 1.39. The first-order chi connectivity index (χ1) is 25.7. The quantitative estimate of drug-likeness (QED) is 0.0812. The maximum Gasteiger partial charge on any atom is 0.306 e. The second-order valence-corrected chi connectivity index (χ2v) is 16.4. The van der Waals surface area contributed by atoms with Gasteiger partial charge in [-0.15, -0.1) is 11.3 Å². The van der Waals surface area contributed by atoms with Gasteiger partial charge < -0.3 is 30.3 Å². The number of carbonyl (C=O) groups is 3. The molecule has 8 atom stereocenters. The van der Waals surface area contributed by atoms with E-state index >= 15 is 0 Å². The summed E-state index contributed by atoms with van der Waals surface area (Å²) in [5.41, 5.74) is 1.30. The van der Waals surface area contributed by atoms with Gasteiger partial charge in [0.25, 0.3) is 0 Å². The van der Waals surface area contributed by atoms with Crippen LogP contribution in [-0.2, 0) is 25.5 Å². The SMILES string of the molecule is CCCO[C@H](C[C@H](C(C)C)N(CCC)C(=O)[C@@H](NC(=O)[C@H]1CCCCN1C)[C@@H](C)CC)c1nc(C(O)N[C@@H](Cc2ccc(O)cc2)C[C@H](C)C(=O)O)cs1. The molecule has 304 valence electrons. The number of carboxylic acids is 1. The Kier molecular flexibility index (Phi) is 18.8. The fraction of sp³-hybridized carbons (Fsp3) is 0.707. The number of aliphatic hydroxyl groups is 1. The van der Waals surface area contributed by atoms with Gasteiger partial charge in [-0.2, -0.15) is 0 Å². The van der Waals surface area contributed by atoms with Crippen LogP contribution < -0.4 is 10.6 Å². The summed E-state index contributed by atoms with van der Waals surface area (Å²) in [5.74, 6) is -1.55. The number of phenolic OH excluding ortho intramolecular Hbond substituents is 1. The Bertz CT molecular complexity index is 1440. The number of aromatic hydroxyl groups is 1. The van der Waals surface area contributed by atoms with E-state index in [0.29, 0.717) is 36.7 Å². The van der Waals surface area contributed by atoms with Crippen LogP contribution in [0.15, 0.2) is 29.6 Å². The highest BCUT2D eigenvalue weighted by Gasteiger charge is 2.38. The fourth-order valence-corrected chi connectivity index (χ4v) is 8.11. The molecule has 1 fully saturated rings. The fourth-order valence-electron chi connectivity index (χ4n) is 7.21. The van der Waals surface area contributed by atoms with E-state index in [1.165, 1.54) is 11.3 Å². The third-order valence-electron chi connectivity index (χ3n) is 10.7. The summed E-state index contributed by atoms with van der Waals surface area (Å²) in [6.45, 7) is 15.9. The van der Waals surface area contributed by atoms with Crippen molar-refractivity contribution in [2.24, 2.45) is 17.8 Å². The molecule has 2 heterocycles. The second kappa shape index (κ2) is 22.5. The van der Waals surface area contributed by atoms with E-state index < -0.39 is 30.3 Å². The molecule has 5 N–H and O–H groups in total. The number of nitrogens with zero attached hydrogens (tertiary/aromatic N) is 3. The number of hydrogen-bond acceptors (Lipinski definition) is 10. The van der Waals surface area contributed by atoms with Crippen molar-refractivity contribution in [3.8, 4) is 5.75 Å². The highest BCUT2D eigenvalue weighted by molar-refractivity contribution is 7.09. The number of amides is 2. The number of aliphatic hydroxyl groups excluding tert-OH is 1. The number of phenols is 1. The minimum absolute atomic E-state index is 0.0542. The van der Waals surface area contributed by atoms with Crippen LogP contribution in [0.1, 0.15) is 128 Å². The maximum atomic E-state index is 14.6. The lowest BCUT2D eigenvalue weighted by atomic mass is 9.92. The Morgan fingerprint density at radius 1 is 1.06 bits per heavy atom. The van der Waals surface area contributed by atoms with E-state index in [1.54, 1.807) is 36.6 Å². The Hall–Kier alpha value is -3.10. The van der Waals surface area contributed by atoms with Crippen molar-refractivity contribution >= 4 is 29.1 Å². The van der Waals surface area contributed by atoms with Crippen LogP contribution in [0.2, 0.25) is 0 Å². The van der Waals surface area contributed by atoms with Gasteiger partial charge in [0.1, 0.15) is 29.1 Å². The lowest BCUT2D eigenvalue weighted by molar-refractivity contribution is -0.143. The summed E-state index contributed by atoms with van der Waals surface area (Å²) in [6.07, 6.45) is 4.76. The number of aliphatic carboxylic acids is 1. The van der Waals surface area contributed by atoms with E-state index in [4.69, 9.17) is 9.72 Å². The van der Waals surface area contributed by atoms with Crippen LogP contribution in [0.5, 0.6) is 5.75 Å². The molecule has 0 bridgehead atoms. The zero-order chi connectivity index (χ0) is 39.9. The smallest absolute Gasteiger partial charge is 0.306 e. The van der Waals surface area contributed by atoms with E-state index in [9.17, 15) is 29.7 Å². The number of hydrogen-bond donors (Lipinski definition) is 5. The van der Waals surface area contributed by atoms with Gasteiger partial charge in [0.05, 0.1) is 17.7 Å². The summed E-state index contributed by atoms with van der Waals surface area (Å²) in [4.78, 5) is 48.9. The maximum absolute atomic E-state index is 14.6. The Balaban J connectivity index is 1.86. The molecule has 13 heteroatoms. The lowest BCUT2D eigenvalue weighted by Gasteiger charge is -2.40. The molecule has 0 aliphatic carbocycles. The predicted octanol–water partition coefficient (Wildman–Crippen LogP) is 6.29. The number of rotatable bonds is 23. The topological polar surface area (TPSA) is 165 Å². The van der Waals surface area contributed by atoms with Gasteiger partial charge >= 0.3 is 5.97 Å². The molecule has 1 saturated heterocycles. The zero-order valence-corrected chi connectivity index (χ0v) is 34.6. The van der Waals surface area contributed by atoms with Crippen LogP contribution in [0.3, 0.4) is 0 Å². The number of likely N-dealkylation sites (tertiary alicyclic amines) is 1. The van der Waals surface area contributed by atoms with Crippen molar-refractivity contribution in [2.45, 2.75) is 143 Å². The molecular weight excluding hydrogens is 707 g/mol. The third-order valence-corrected chi connectivity index (χ3v) is 11.7. The molecule has 12 nitrogen and oxygen atoms in total. The largest absolute Gasteiger partial charge is 0.508 e. The van der Waals surface area contributed by atoms with Gasteiger partial charge in [-0.3, -0.25) is 24.6 Å². The molecule has 3 rings (SSSR count). The van der Waals surface area contributed by atoms with Crippen LogP contribution in [0, 0.1) is 17.8 Å². The second-order valence-electron chi connectivity index (χ2n) is 15.5. The first-order valence-electron chi connectivity index (χ1n) is 20.0. The van der Waals surface area contributed by atoms with Crippen molar-refractivity contribution in [1.82, 2.24) is 25.4 Å². The molecule has 1 unspecified atom stereocenters.